The van der Waals surface area contributed by atoms with Crippen molar-refractivity contribution >= 4 is 23.5 Å². The Morgan fingerprint density at radius 3 is 2.94 bits per heavy atom. The third kappa shape index (κ3) is 2.17. The predicted octanol–water partition coefficient (Wildman–Crippen LogP) is -0.630. The van der Waals surface area contributed by atoms with Crippen molar-refractivity contribution in [3.05, 3.63) is 12.4 Å². The summed E-state index contributed by atoms with van der Waals surface area (Å²) in [4.78, 5) is 32.7. The van der Waals surface area contributed by atoms with Crippen LogP contribution in [0.4, 0.5) is 11.6 Å². The molecule has 1 aliphatic rings. The molecule has 0 bridgehead atoms. The smallest absolute Gasteiger partial charge is 0.249 e. The van der Waals surface area contributed by atoms with Crippen molar-refractivity contribution in [3.63, 3.8) is 0 Å². The maximum Gasteiger partial charge on any atom is 0.249 e. The summed E-state index contributed by atoms with van der Waals surface area (Å²) in [7, 11) is 1.73. The van der Waals surface area contributed by atoms with Crippen molar-refractivity contribution in [1.29, 1.82) is 0 Å². The van der Waals surface area contributed by atoms with Crippen LogP contribution in [0, 0.1) is 0 Å². The molecule has 7 heteroatoms. The second-order valence-corrected chi connectivity index (χ2v) is 3.73. The van der Waals surface area contributed by atoms with E-state index in [9.17, 15) is 9.59 Å². The number of hydrogen-bond acceptors (Lipinski definition) is 6. The molecule has 0 saturated carbocycles. The Hall–Kier alpha value is -2.18. The molecule has 2 N–H and O–H groups in total. The maximum atomic E-state index is 11.5. The summed E-state index contributed by atoms with van der Waals surface area (Å²) in [5, 5.41) is 5.13. The van der Waals surface area contributed by atoms with E-state index in [0.717, 1.165) is 0 Å². The van der Waals surface area contributed by atoms with Gasteiger partial charge in [0.2, 0.25) is 11.8 Å². The van der Waals surface area contributed by atoms with Gasteiger partial charge in [-0.1, -0.05) is 0 Å². The number of carbonyl (C=O) groups excluding carboxylic acids is 2. The lowest BCUT2D eigenvalue weighted by Crippen LogP contribution is -2.57. The van der Waals surface area contributed by atoms with Crippen LogP contribution in [0.15, 0.2) is 12.4 Å². The molecule has 0 radical (unpaired) electrons. The first-order valence-corrected chi connectivity index (χ1v) is 5.22. The summed E-state index contributed by atoms with van der Waals surface area (Å²) in [5.41, 5.74) is 0. The molecule has 2 amide bonds. The largest absolute Gasteiger partial charge is 0.372 e. The van der Waals surface area contributed by atoms with E-state index in [0.29, 0.717) is 11.6 Å². The van der Waals surface area contributed by atoms with Crippen molar-refractivity contribution in [2.24, 2.45) is 0 Å². The van der Waals surface area contributed by atoms with Crippen molar-refractivity contribution in [2.45, 2.75) is 13.0 Å². The lowest BCUT2D eigenvalue weighted by molar-refractivity contribution is -0.132. The maximum absolute atomic E-state index is 11.5. The quantitative estimate of drug-likeness (QED) is 0.664. The molecule has 1 saturated heterocycles. The van der Waals surface area contributed by atoms with Gasteiger partial charge in [0.1, 0.15) is 11.9 Å². The van der Waals surface area contributed by atoms with Crippen LogP contribution in [0.5, 0.6) is 0 Å². The van der Waals surface area contributed by atoms with E-state index in [1.165, 1.54) is 6.20 Å². The monoisotopic (exact) mass is 235 g/mol. The van der Waals surface area contributed by atoms with Gasteiger partial charge in [0.15, 0.2) is 5.82 Å². The third-order valence-corrected chi connectivity index (χ3v) is 2.60. The topological polar surface area (TPSA) is 87.2 Å². The normalized spacial score (nSPS) is 20.1. The molecule has 2 heterocycles. The second kappa shape index (κ2) is 4.36. The molecule has 2 rings (SSSR count). The van der Waals surface area contributed by atoms with E-state index in [4.69, 9.17) is 0 Å². The van der Waals surface area contributed by atoms with E-state index >= 15 is 0 Å². The van der Waals surface area contributed by atoms with Gasteiger partial charge in [-0.05, 0) is 6.92 Å². The highest BCUT2D eigenvalue weighted by molar-refractivity contribution is 6.04. The zero-order chi connectivity index (χ0) is 12.4. The minimum Gasteiger partial charge on any atom is -0.372 e. The van der Waals surface area contributed by atoms with Gasteiger partial charge in [-0.15, -0.1) is 0 Å². The van der Waals surface area contributed by atoms with E-state index in [-0.39, 0.29) is 18.4 Å². The molecule has 1 atom stereocenters. The van der Waals surface area contributed by atoms with Gasteiger partial charge >= 0.3 is 0 Å². The lowest BCUT2D eigenvalue weighted by atomic mass is 10.2. The number of amides is 2. The highest BCUT2D eigenvalue weighted by atomic mass is 16.2. The van der Waals surface area contributed by atoms with Crippen LogP contribution >= 0.6 is 0 Å². The first-order chi connectivity index (χ1) is 8.11. The minimum atomic E-state index is -0.436. The fourth-order valence-electron chi connectivity index (χ4n) is 1.61. The fraction of sp³-hybridized carbons (Fsp3) is 0.400. The van der Waals surface area contributed by atoms with E-state index < -0.39 is 6.04 Å². The number of piperazine rings is 1. The number of nitrogens with one attached hydrogen (secondary N) is 2. The average Bonchev–Trinajstić information content (AvgIpc) is 2.34. The summed E-state index contributed by atoms with van der Waals surface area (Å²) in [6.45, 7) is 1.82. The molecular formula is C10H13N5O2. The summed E-state index contributed by atoms with van der Waals surface area (Å²) in [6.07, 6.45) is 3.10. The van der Waals surface area contributed by atoms with Gasteiger partial charge in [-0.25, -0.2) is 4.98 Å². The van der Waals surface area contributed by atoms with Gasteiger partial charge in [-0.3, -0.25) is 19.9 Å². The zero-order valence-electron chi connectivity index (χ0n) is 9.60. The van der Waals surface area contributed by atoms with Crippen LogP contribution in [-0.2, 0) is 9.59 Å². The molecule has 0 aliphatic carbocycles. The first kappa shape index (κ1) is 11.3. The van der Waals surface area contributed by atoms with Gasteiger partial charge in [-0.2, -0.15) is 0 Å². The standard InChI is InChI=1S/C10H13N5O2/c1-6-10(17)14-9(16)5-15(6)8-4-12-3-7(11-2)13-8/h3-4,6H,5H2,1-2H3,(H,11,13)(H,14,16,17). The van der Waals surface area contributed by atoms with Crippen molar-refractivity contribution in [1.82, 2.24) is 15.3 Å². The number of aromatic nitrogens is 2. The van der Waals surface area contributed by atoms with Gasteiger partial charge in [0, 0.05) is 7.05 Å². The molecule has 7 nitrogen and oxygen atoms in total. The molecule has 0 aromatic carbocycles. The molecule has 1 aromatic heterocycles. The van der Waals surface area contributed by atoms with Gasteiger partial charge < -0.3 is 10.2 Å². The lowest BCUT2D eigenvalue weighted by Gasteiger charge is -2.32. The van der Waals surface area contributed by atoms with Crippen molar-refractivity contribution in [2.75, 3.05) is 23.8 Å². The Kier molecular flexibility index (Phi) is 2.90. The molecule has 90 valence electrons. The SMILES string of the molecule is CNc1cncc(N2CC(=O)NC(=O)C2C)n1. The second-order valence-electron chi connectivity index (χ2n) is 3.73. The van der Waals surface area contributed by atoms with E-state index in [1.54, 1.807) is 25.1 Å². The highest BCUT2D eigenvalue weighted by Gasteiger charge is 2.31. The molecule has 1 unspecified atom stereocenters. The summed E-state index contributed by atoms with van der Waals surface area (Å²) in [6, 6.07) is -0.436. The Morgan fingerprint density at radius 2 is 2.24 bits per heavy atom. The number of hydrogen-bond donors (Lipinski definition) is 2. The van der Waals surface area contributed by atoms with Gasteiger partial charge in [0.25, 0.3) is 0 Å². The summed E-state index contributed by atoms with van der Waals surface area (Å²) >= 11 is 0. The molecule has 17 heavy (non-hydrogen) atoms. The Labute approximate surface area is 98.2 Å². The Balaban J connectivity index is 2.30. The number of nitrogens with zero attached hydrogens (tertiary/aromatic N) is 3. The van der Waals surface area contributed by atoms with Crippen molar-refractivity contribution < 1.29 is 9.59 Å². The van der Waals surface area contributed by atoms with Crippen LogP contribution in [-0.4, -0.2) is 41.4 Å². The summed E-state index contributed by atoms with van der Waals surface area (Å²) < 4.78 is 0. The average molecular weight is 235 g/mol. The number of anilines is 2. The number of carbonyl (C=O) groups is 2. The molecular weight excluding hydrogens is 222 g/mol. The number of rotatable bonds is 2. The molecule has 1 aliphatic heterocycles. The molecule has 1 aromatic rings. The minimum absolute atomic E-state index is 0.106. The Bertz CT molecular complexity index is 462. The van der Waals surface area contributed by atoms with Crippen LogP contribution < -0.4 is 15.5 Å². The molecule has 0 spiro atoms. The van der Waals surface area contributed by atoms with Crippen molar-refractivity contribution in [3.8, 4) is 0 Å². The van der Waals surface area contributed by atoms with Crippen LogP contribution in [0.3, 0.4) is 0 Å². The van der Waals surface area contributed by atoms with Crippen LogP contribution in [0.2, 0.25) is 0 Å². The molecule has 1 fully saturated rings. The fourth-order valence-corrected chi connectivity index (χ4v) is 1.61. The van der Waals surface area contributed by atoms with Crippen LogP contribution in [0.25, 0.3) is 0 Å². The predicted molar refractivity (Wildman–Crippen MR) is 61.5 cm³/mol. The van der Waals surface area contributed by atoms with E-state index in [1.807, 2.05) is 0 Å². The van der Waals surface area contributed by atoms with Crippen LogP contribution in [0.1, 0.15) is 6.92 Å². The highest BCUT2D eigenvalue weighted by Crippen LogP contribution is 2.16. The Morgan fingerprint density at radius 1 is 1.47 bits per heavy atom. The van der Waals surface area contributed by atoms with Gasteiger partial charge in [0.05, 0.1) is 18.9 Å². The number of imide groups is 1. The summed E-state index contributed by atoms with van der Waals surface area (Å²) in [5.74, 6) is 0.448. The first-order valence-electron chi connectivity index (χ1n) is 5.22. The van der Waals surface area contributed by atoms with E-state index in [2.05, 4.69) is 20.6 Å². The zero-order valence-corrected chi connectivity index (χ0v) is 9.60. The third-order valence-electron chi connectivity index (χ3n) is 2.60.